The number of hydrogen-bond donors (Lipinski definition) is 3. The number of anilines is 4. The summed E-state index contributed by atoms with van der Waals surface area (Å²) >= 11 is 0. The number of aromatic nitrogens is 2. The van der Waals surface area contributed by atoms with E-state index < -0.39 is 17.2 Å². The summed E-state index contributed by atoms with van der Waals surface area (Å²) in [6.07, 6.45) is -1.79. The van der Waals surface area contributed by atoms with Gasteiger partial charge in [-0.3, -0.25) is 4.79 Å². The molecule has 1 amide bonds. The molecule has 0 bridgehead atoms. The summed E-state index contributed by atoms with van der Waals surface area (Å²) in [4.78, 5) is 23.1. The third-order valence-electron chi connectivity index (χ3n) is 8.34. The Morgan fingerprint density at radius 1 is 1.17 bits per heavy atom. The quantitative estimate of drug-likeness (QED) is 0.273. The average Bonchev–Trinajstić information content (AvgIpc) is 3.19. The first-order valence-corrected chi connectivity index (χ1v) is 14.2. The number of ether oxygens (including phenoxy) is 1. The molecule has 8 nitrogen and oxygen atoms in total. The fraction of sp³-hybridized carbons (Fsp3) is 0.452. The van der Waals surface area contributed by atoms with Crippen LogP contribution in [0.5, 0.6) is 5.75 Å². The number of rotatable bonds is 8. The standard InChI is InChI=1S/C31H37F3N6O2/c1-18(2)40-13-11-19(12-14-40)20-9-10-23(25(15-20)42-5)38-29-36-17-22(31(32,33)34)27(39-29)35-16-21-7-6-8-24-26(21)30(3,4)28(41)37-24/h6-10,15,17-19H,11-14,16H2,1-5H3,(H,37,41)(H2,35,36,38,39). The number of alkyl halides is 3. The number of amides is 1. The van der Waals surface area contributed by atoms with E-state index >= 15 is 0 Å². The first kappa shape index (κ1) is 29.6. The Hall–Kier alpha value is -3.86. The number of carbonyl (C=O) groups is 1. The Morgan fingerprint density at radius 3 is 2.57 bits per heavy atom. The Bertz CT molecular complexity index is 1470. The molecular weight excluding hydrogens is 545 g/mol. The first-order chi connectivity index (χ1) is 19.9. The fourth-order valence-corrected chi connectivity index (χ4v) is 5.88. The van der Waals surface area contributed by atoms with Crippen LogP contribution in [0.4, 0.5) is 36.3 Å². The summed E-state index contributed by atoms with van der Waals surface area (Å²) in [5.74, 6) is 0.458. The lowest BCUT2D eigenvalue weighted by Crippen LogP contribution is -2.37. The summed E-state index contributed by atoms with van der Waals surface area (Å²) in [6.45, 7) is 10.1. The maximum atomic E-state index is 13.9. The van der Waals surface area contributed by atoms with E-state index in [4.69, 9.17) is 4.74 Å². The van der Waals surface area contributed by atoms with Crippen molar-refractivity contribution in [2.75, 3.05) is 36.1 Å². The first-order valence-electron chi connectivity index (χ1n) is 14.2. The van der Waals surface area contributed by atoms with Crippen molar-refractivity contribution in [2.24, 2.45) is 0 Å². The number of methoxy groups -OCH3 is 1. The van der Waals surface area contributed by atoms with Crippen LogP contribution in [0.2, 0.25) is 0 Å². The molecule has 3 heterocycles. The molecule has 42 heavy (non-hydrogen) atoms. The van der Waals surface area contributed by atoms with Gasteiger partial charge in [0, 0.05) is 24.5 Å². The minimum Gasteiger partial charge on any atom is -0.495 e. The number of nitrogens with one attached hydrogen (secondary N) is 3. The van der Waals surface area contributed by atoms with Crippen molar-refractivity contribution in [1.29, 1.82) is 0 Å². The molecule has 0 aliphatic carbocycles. The van der Waals surface area contributed by atoms with Gasteiger partial charge in [-0.2, -0.15) is 18.2 Å². The van der Waals surface area contributed by atoms with E-state index in [-0.39, 0.29) is 24.2 Å². The maximum absolute atomic E-state index is 13.9. The lowest BCUT2D eigenvalue weighted by Gasteiger charge is -2.35. The van der Waals surface area contributed by atoms with Gasteiger partial charge in [-0.15, -0.1) is 0 Å². The van der Waals surface area contributed by atoms with Crippen LogP contribution < -0.4 is 20.7 Å². The Balaban J connectivity index is 1.37. The Labute approximate surface area is 244 Å². The second-order valence-electron chi connectivity index (χ2n) is 11.7. The number of halogens is 3. The fourth-order valence-electron chi connectivity index (χ4n) is 5.88. The van der Waals surface area contributed by atoms with Gasteiger partial charge < -0.3 is 25.6 Å². The summed E-state index contributed by atoms with van der Waals surface area (Å²) in [7, 11) is 1.56. The van der Waals surface area contributed by atoms with Crippen molar-refractivity contribution in [3.8, 4) is 5.75 Å². The smallest absolute Gasteiger partial charge is 0.421 e. The van der Waals surface area contributed by atoms with Crippen LogP contribution in [0.1, 0.15) is 68.7 Å². The Morgan fingerprint density at radius 2 is 1.90 bits per heavy atom. The summed E-state index contributed by atoms with van der Waals surface area (Å²) in [5.41, 5.74) is 2.04. The molecule has 11 heteroatoms. The molecule has 1 aromatic heterocycles. The zero-order valence-corrected chi connectivity index (χ0v) is 24.5. The molecular formula is C31H37F3N6O2. The van der Waals surface area contributed by atoms with Gasteiger partial charge in [0.1, 0.15) is 17.1 Å². The molecule has 224 valence electrons. The van der Waals surface area contributed by atoms with Gasteiger partial charge in [0.05, 0.1) is 18.2 Å². The minimum atomic E-state index is -4.67. The molecule has 5 rings (SSSR count). The highest BCUT2D eigenvalue weighted by Crippen LogP contribution is 2.41. The monoisotopic (exact) mass is 582 g/mol. The molecule has 0 spiro atoms. The van der Waals surface area contributed by atoms with Crippen LogP contribution >= 0.6 is 0 Å². The topological polar surface area (TPSA) is 91.4 Å². The van der Waals surface area contributed by atoms with Gasteiger partial charge in [0.25, 0.3) is 0 Å². The van der Waals surface area contributed by atoms with Crippen LogP contribution in [0.25, 0.3) is 0 Å². The normalized spacial score (nSPS) is 17.2. The predicted molar refractivity (Wildman–Crippen MR) is 157 cm³/mol. The van der Waals surface area contributed by atoms with Crippen LogP contribution in [0, 0.1) is 0 Å². The van der Waals surface area contributed by atoms with Gasteiger partial charge in [0.15, 0.2) is 0 Å². The molecule has 2 aromatic carbocycles. The second kappa shape index (κ2) is 11.4. The van der Waals surface area contributed by atoms with E-state index in [2.05, 4.69) is 44.7 Å². The Kier molecular flexibility index (Phi) is 8.06. The van der Waals surface area contributed by atoms with Crippen LogP contribution in [0.3, 0.4) is 0 Å². The number of likely N-dealkylation sites (tertiary alicyclic amines) is 1. The van der Waals surface area contributed by atoms with Gasteiger partial charge in [-0.25, -0.2) is 4.98 Å². The third-order valence-corrected chi connectivity index (χ3v) is 8.34. The SMILES string of the molecule is COc1cc(C2CCN(C(C)C)CC2)ccc1Nc1ncc(C(F)(F)F)c(NCc2cccc3c2C(C)(C)C(=O)N3)n1. The molecule has 0 atom stereocenters. The van der Waals surface area contributed by atoms with Crippen molar-refractivity contribution in [3.63, 3.8) is 0 Å². The predicted octanol–water partition coefficient (Wildman–Crippen LogP) is 6.68. The third kappa shape index (κ3) is 5.88. The molecule has 0 unspecified atom stereocenters. The van der Waals surface area contributed by atoms with E-state index in [0.717, 1.165) is 37.7 Å². The van der Waals surface area contributed by atoms with Crippen molar-refractivity contribution in [3.05, 3.63) is 64.8 Å². The van der Waals surface area contributed by atoms with Crippen molar-refractivity contribution in [2.45, 2.75) is 70.6 Å². The number of piperidine rings is 1. The minimum absolute atomic E-state index is 0.00254. The largest absolute Gasteiger partial charge is 0.495 e. The molecule has 0 radical (unpaired) electrons. The highest BCUT2D eigenvalue weighted by atomic mass is 19.4. The maximum Gasteiger partial charge on any atom is 0.421 e. The molecule has 3 N–H and O–H groups in total. The molecule has 1 saturated heterocycles. The molecule has 2 aliphatic rings. The molecule has 1 fully saturated rings. The van der Waals surface area contributed by atoms with Crippen LogP contribution in [0.15, 0.2) is 42.6 Å². The highest BCUT2D eigenvalue weighted by Gasteiger charge is 2.40. The summed E-state index contributed by atoms with van der Waals surface area (Å²) in [5, 5.41) is 8.73. The van der Waals surface area contributed by atoms with E-state index in [1.165, 1.54) is 5.56 Å². The van der Waals surface area contributed by atoms with E-state index in [9.17, 15) is 18.0 Å². The van der Waals surface area contributed by atoms with Gasteiger partial charge >= 0.3 is 6.18 Å². The second-order valence-corrected chi connectivity index (χ2v) is 11.7. The van der Waals surface area contributed by atoms with E-state index in [1.807, 2.05) is 18.2 Å². The number of fused-ring (bicyclic) bond motifs is 1. The molecule has 3 aromatic rings. The van der Waals surface area contributed by atoms with Gasteiger partial charge in [-0.1, -0.05) is 18.2 Å². The lowest BCUT2D eigenvalue weighted by molar-refractivity contribution is -0.137. The zero-order chi connectivity index (χ0) is 30.2. The van der Waals surface area contributed by atoms with Crippen molar-refractivity contribution >= 4 is 29.0 Å². The summed E-state index contributed by atoms with van der Waals surface area (Å²) < 4.78 is 47.4. The van der Waals surface area contributed by atoms with Crippen molar-refractivity contribution in [1.82, 2.24) is 14.9 Å². The number of benzene rings is 2. The molecule has 2 aliphatic heterocycles. The van der Waals surface area contributed by atoms with Gasteiger partial charge in [0.2, 0.25) is 11.9 Å². The number of hydrogen-bond acceptors (Lipinski definition) is 7. The zero-order valence-electron chi connectivity index (χ0n) is 24.5. The van der Waals surface area contributed by atoms with Crippen LogP contribution in [-0.4, -0.2) is 47.0 Å². The molecule has 0 saturated carbocycles. The van der Waals surface area contributed by atoms with E-state index in [0.29, 0.717) is 34.6 Å². The average molecular weight is 583 g/mol. The highest BCUT2D eigenvalue weighted by molar-refractivity contribution is 6.06. The van der Waals surface area contributed by atoms with E-state index in [1.54, 1.807) is 39.2 Å². The van der Waals surface area contributed by atoms with Gasteiger partial charge in [-0.05, 0) is 94.4 Å². The van der Waals surface area contributed by atoms with Crippen LogP contribution in [-0.2, 0) is 22.9 Å². The number of carbonyl (C=O) groups excluding carboxylic acids is 1. The summed E-state index contributed by atoms with van der Waals surface area (Å²) in [6, 6.07) is 11.7. The lowest BCUT2D eigenvalue weighted by atomic mass is 9.83. The number of nitrogens with zero attached hydrogens (tertiary/aromatic N) is 3. The van der Waals surface area contributed by atoms with Crippen molar-refractivity contribution < 1.29 is 22.7 Å².